The van der Waals surface area contributed by atoms with E-state index < -0.39 is 0 Å². The van der Waals surface area contributed by atoms with Crippen molar-refractivity contribution in [3.63, 3.8) is 0 Å². The molecule has 0 atom stereocenters. The highest BCUT2D eigenvalue weighted by Crippen LogP contribution is 2.21. The number of nitrogens with one attached hydrogen (secondary N) is 1. The Hall–Kier alpha value is -2.17. The lowest BCUT2D eigenvalue weighted by Crippen LogP contribution is -2.25. The molecule has 1 N–H and O–H groups in total. The van der Waals surface area contributed by atoms with Gasteiger partial charge in [0.15, 0.2) is 11.7 Å². The maximum Gasteiger partial charge on any atom is 0.220 e. The van der Waals surface area contributed by atoms with Crippen LogP contribution in [0.15, 0.2) is 34.9 Å². The van der Waals surface area contributed by atoms with Gasteiger partial charge in [-0.15, -0.1) is 0 Å². The van der Waals surface area contributed by atoms with E-state index in [9.17, 15) is 9.18 Å². The Morgan fingerprint density at radius 3 is 2.80 bits per heavy atom. The first-order chi connectivity index (χ1) is 9.70. The Bertz CT molecular complexity index is 603. The van der Waals surface area contributed by atoms with Crippen molar-refractivity contribution in [2.75, 3.05) is 0 Å². The summed E-state index contributed by atoms with van der Waals surface area (Å²) in [4.78, 5) is 15.7. The number of oxazole rings is 1. The zero-order valence-electron chi connectivity index (χ0n) is 10.9. The molecule has 1 aliphatic carbocycles. The summed E-state index contributed by atoms with van der Waals surface area (Å²) < 4.78 is 18.4. The minimum absolute atomic E-state index is 0.0361. The molecule has 1 heterocycles. The first-order valence-corrected chi connectivity index (χ1v) is 6.71. The van der Waals surface area contributed by atoms with Gasteiger partial charge in [-0.1, -0.05) is 0 Å². The van der Waals surface area contributed by atoms with Gasteiger partial charge in [0.25, 0.3) is 0 Å². The average Bonchev–Trinajstić information content (AvgIpc) is 3.12. The van der Waals surface area contributed by atoms with Crippen LogP contribution in [0.2, 0.25) is 0 Å². The predicted molar refractivity (Wildman–Crippen MR) is 71.4 cm³/mol. The molecule has 5 heteroatoms. The Morgan fingerprint density at radius 1 is 1.35 bits per heavy atom. The van der Waals surface area contributed by atoms with Gasteiger partial charge < -0.3 is 9.73 Å². The molecule has 1 aromatic carbocycles. The number of hydrogen-bond donors (Lipinski definition) is 1. The van der Waals surface area contributed by atoms with Crippen LogP contribution in [0.5, 0.6) is 0 Å². The lowest BCUT2D eigenvalue weighted by atomic mass is 10.2. The van der Waals surface area contributed by atoms with Gasteiger partial charge in [0.05, 0.1) is 6.20 Å². The van der Waals surface area contributed by atoms with E-state index in [1.54, 1.807) is 18.3 Å². The van der Waals surface area contributed by atoms with Gasteiger partial charge in [-0.05, 0) is 37.1 Å². The lowest BCUT2D eigenvalue weighted by Gasteiger charge is -2.00. The van der Waals surface area contributed by atoms with Gasteiger partial charge in [0.2, 0.25) is 5.91 Å². The van der Waals surface area contributed by atoms with E-state index in [0.717, 1.165) is 18.4 Å². The van der Waals surface area contributed by atoms with Gasteiger partial charge in [-0.3, -0.25) is 4.79 Å². The van der Waals surface area contributed by atoms with E-state index in [4.69, 9.17) is 4.42 Å². The van der Waals surface area contributed by atoms with Crippen LogP contribution in [0.1, 0.15) is 25.2 Å². The monoisotopic (exact) mass is 274 g/mol. The highest BCUT2D eigenvalue weighted by atomic mass is 19.1. The maximum atomic E-state index is 12.8. The minimum Gasteiger partial charge on any atom is -0.441 e. The topological polar surface area (TPSA) is 55.1 Å². The summed E-state index contributed by atoms with van der Waals surface area (Å²) in [6.07, 6.45) is 4.61. The van der Waals surface area contributed by atoms with Gasteiger partial charge >= 0.3 is 0 Å². The summed E-state index contributed by atoms with van der Waals surface area (Å²) in [6, 6.07) is 6.40. The van der Waals surface area contributed by atoms with Crippen molar-refractivity contribution in [1.29, 1.82) is 0 Å². The summed E-state index contributed by atoms with van der Waals surface area (Å²) in [6.45, 7) is 0. The highest BCUT2D eigenvalue weighted by Gasteiger charge is 2.23. The molecule has 0 unspecified atom stereocenters. The van der Waals surface area contributed by atoms with E-state index >= 15 is 0 Å². The van der Waals surface area contributed by atoms with Crippen molar-refractivity contribution in [2.24, 2.45) is 0 Å². The van der Waals surface area contributed by atoms with Crippen molar-refractivity contribution in [2.45, 2.75) is 31.7 Å². The van der Waals surface area contributed by atoms with Gasteiger partial charge in [-0.2, -0.15) is 0 Å². The number of carbonyl (C=O) groups excluding carboxylic acids is 1. The van der Waals surface area contributed by atoms with E-state index in [1.165, 1.54) is 12.1 Å². The molecule has 104 valence electrons. The number of aromatic nitrogens is 1. The number of carbonyl (C=O) groups is 1. The first kappa shape index (κ1) is 12.8. The lowest BCUT2D eigenvalue weighted by molar-refractivity contribution is -0.121. The molecule has 3 rings (SSSR count). The second-order valence-corrected chi connectivity index (χ2v) is 4.97. The fourth-order valence-corrected chi connectivity index (χ4v) is 1.92. The Labute approximate surface area is 116 Å². The zero-order valence-corrected chi connectivity index (χ0v) is 10.9. The van der Waals surface area contributed by atoms with E-state index in [-0.39, 0.29) is 11.7 Å². The predicted octanol–water partition coefficient (Wildman–Crippen LogP) is 2.69. The Morgan fingerprint density at radius 2 is 2.10 bits per heavy atom. The molecule has 0 radical (unpaired) electrons. The molecule has 4 nitrogen and oxygen atoms in total. The molecular formula is C15H15FN2O2. The standard InChI is InChI=1S/C15H15FN2O2/c16-11-3-1-10(2-4-11)13-9-17-15(20-13)8-7-14(19)18-12-5-6-12/h1-4,9,12H,5-8H2,(H,18,19). The molecule has 1 saturated carbocycles. The number of rotatable bonds is 5. The summed E-state index contributed by atoms with van der Waals surface area (Å²) in [7, 11) is 0. The molecule has 1 amide bonds. The van der Waals surface area contributed by atoms with E-state index in [0.29, 0.717) is 30.5 Å². The molecule has 0 aliphatic heterocycles. The number of nitrogens with zero attached hydrogens (tertiary/aromatic N) is 1. The quantitative estimate of drug-likeness (QED) is 0.912. The molecule has 0 bridgehead atoms. The van der Waals surface area contributed by atoms with Crippen LogP contribution < -0.4 is 5.32 Å². The van der Waals surface area contributed by atoms with E-state index in [1.807, 2.05) is 0 Å². The fraction of sp³-hybridized carbons (Fsp3) is 0.333. The smallest absolute Gasteiger partial charge is 0.220 e. The third-order valence-electron chi connectivity index (χ3n) is 3.19. The number of amides is 1. The van der Waals surface area contributed by atoms with Crippen LogP contribution in [-0.4, -0.2) is 16.9 Å². The van der Waals surface area contributed by atoms with Crippen LogP contribution in [-0.2, 0) is 11.2 Å². The summed E-state index contributed by atoms with van der Waals surface area (Å²) in [5, 5.41) is 2.92. The third-order valence-corrected chi connectivity index (χ3v) is 3.19. The summed E-state index contributed by atoms with van der Waals surface area (Å²) in [5.74, 6) is 0.858. The zero-order chi connectivity index (χ0) is 13.9. The van der Waals surface area contributed by atoms with Gasteiger partial charge in [-0.25, -0.2) is 9.37 Å². The van der Waals surface area contributed by atoms with E-state index in [2.05, 4.69) is 10.3 Å². The van der Waals surface area contributed by atoms with Crippen LogP contribution in [0.25, 0.3) is 11.3 Å². The molecule has 1 aromatic heterocycles. The largest absolute Gasteiger partial charge is 0.441 e. The van der Waals surface area contributed by atoms with Crippen LogP contribution >= 0.6 is 0 Å². The second-order valence-electron chi connectivity index (χ2n) is 4.97. The SMILES string of the molecule is O=C(CCc1ncc(-c2ccc(F)cc2)o1)NC1CC1. The van der Waals surface area contributed by atoms with Crippen LogP contribution in [0, 0.1) is 5.82 Å². The van der Waals surface area contributed by atoms with Gasteiger partial charge in [0, 0.05) is 24.4 Å². The van der Waals surface area contributed by atoms with Crippen molar-refractivity contribution in [3.05, 3.63) is 42.2 Å². The maximum absolute atomic E-state index is 12.8. The normalized spacial score (nSPS) is 14.2. The summed E-state index contributed by atoms with van der Waals surface area (Å²) in [5.41, 5.74) is 0.771. The molecule has 0 spiro atoms. The summed E-state index contributed by atoms with van der Waals surface area (Å²) >= 11 is 0. The highest BCUT2D eigenvalue weighted by molar-refractivity contribution is 5.76. The van der Waals surface area contributed by atoms with Crippen molar-refractivity contribution >= 4 is 5.91 Å². The average molecular weight is 274 g/mol. The molecule has 1 aliphatic rings. The number of hydrogen-bond acceptors (Lipinski definition) is 3. The van der Waals surface area contributed by atoms with Crippen molar-refractivity contribution in [1.82, 2.24) is 10.3 Å². The van der Waals surface area contributed by atoms with Gasteiger partial charge in [0.1, 0.15) is 5.82 Å². The molecular weight excluding hydrogens is 259 g/mol. The second kappa shape index (κ2) is 5.45. The van der Waals surface area contributed by atoms with Crippen LogP contribution in [0.3, 0.4) is 0 Å². The van der Waals surface area contributed by atoms with Crippen LogP contribution in [0.4, 0.5) is 4.39 Å². The number of benzene rings is 1. The fourth-order valence-electron chi connectivity index (χ4n) is 1.92. The molecule has 20 heavy (non-hydrogen) atoms. The van der Waals surface area contributed by atoms with Crippen molar-refractivity contribution < 1.29 is 13.6 Å². The Kier molecular flexibility index (Phi) is 3.50. The first-order valence-electron chi connectivity index (χ1n) is 6.71. The molecule has 2 aromatic rings. The number of aryl methyl sites for hydroxylation is 1. The van der Waals surface area contributed by atoms with Crippen molar-refractivity contribution in [3.8, 4) is 11.3 Å². The third kappa shape index (κ3) is 3.23. The Balaban J connectivity index is 1.58. The number of halogens is 1. The molecule has 1 fully saturated rings. The molecule has 0 saturated heterocycles. The minimum atomic E-state index is -0.287.